The molecule has 0 aromatic heterocycles. The maximum atomic E-state index is 12.7. The number of hydrogen-bond donors (Lipinski definition) is 1. The molecular formula is C20H27NO4S. The van der Waals surface area contributed by atoms with Crippen LogP contribution in [-0.4, -0.2) is 29.2 Å². The maximum Gasteiger partial charge on any atom is 0.240 e. The Balaban J connectivity index is 2.24. The van der Waals surface area contributed by atoms with Gasteiger partial charge in [0.2, 0.25) is 10.0 Å². The maximum absolute atomic E-state index is 12.7. The van der Waals surface area contributed by atoms with Crippen molar-refractivity contribution in [2.24, 2.45) is 0 Å². The zero-order valence-electron chi connectivity index (χ0n) is 16.2. The summed E-state index contributed by atoms with van der Waals surface area (Å²) in [6.07, 6.45) is 0. The number of methoxy groups -OCH3 is 2. The zero-order valence-corrected chi connectivity index (χ0v) is 17.0. The van der Waals surface area contributed by atoms with Crippen LogP contribution in [-0.2, 0) is 15.4 Å². The molecule has 0 spiro atoms. The summed E-state index contributed by atoms with van der Waals surface area (Å²) in [5.41, 5.74) is 2.30. The topological polar surface area (TPSA) is 64.6 Å². The van der Waals surface area contributed by atoms with Crippen LogP contribution in [0.5, 0.6) is 11.5 Å². The lowest BCUT2D eigenvalue weighted by Gasteiger charge is -2.26. The molecule has 0 unspecified atom stereocenters. The average molecular weight is 378 g/mol. The molecule has 0 fully saturated rings. The monoisotopic (exact) mass is 377 g/mol. The molecule has 0 atom stereocenters. The molecule has 2 aromatic rings. The van der Waals surface area contributed by atoms with Crippen LogP contribution < -0.4 is 14.2 Å². The van der Waals surface area contributed by atoms with Crippen LogP contribution in [0.2, 0.25) is 0 Å². The van der Waals surface area contributed by atoms with E-state index < -0.39 is 15.4 Å². The van der Waals surface area contributed by atoms with Gasteiger partial charge in [0.15, 0.2) is 11.5 Å². The van der Waals surface area contributed by atoms with Crippen molar-refractivity contribution in [3.8, 4) is 11.5 Å². The number of ether oxygens (including phenoxy) is 2. The minimum Gasteiger partial charge on any atom is -0.493 e. The van der Waals surface area contributed by atoms with Gasteiger partial charge in [-0.3, -0.25) is 0 Å². The molecule has 6 heteroatoms. The quantitative estimate of drug-likeness (QED) is 0.801. The number of nitrogens with one attached hydrogen (secondary N) is 1. The van der Waals surface area contributed by atoms with E-state index in [9.17, 15) is 8.42 Å². The standard InChI is InChI=1S/C20H27NO4S/c1-14-7-10-19(15(2)11-14)26(22,23)21-13-20(3,4)16-8-9-17(24-5)18(12-16)25-6/h7-12,21H,13H2,1-6H3. The van der Waals surface area contributed by atoms with E-state index in [1.807, 2.05) is 45.0 Å². The molecule has 5 nitrogen and oxygen atoms in total. The number of rotatable bonds is 7. The number of benzene rings is 2. The van der Waals surface area contributed by atoms with Gasteiger partial charge in [-0.15, -0.1) is 0 Å². The second kappa shape index (κ2) is 7.68. The first kappa shape index (κ1) is 20.3. The SMILES string of the molecule is COc1ccc(C(C)(C)CNS(=O)(=O)c2ccc(C)cc2C)cc1OC. The van der Waals surface area contributed by atoms with E-state index in [0.717, 1.165) is 16.7 Å². The minimum atomic E-state index is -3.58. The van der Waals surface area contributed by atoms with Crippen molar-refractivity contribution in [3.63, 3.8) is 0 Å². The summed E-state index contributed by atoms with van der Waals surface area (Å²) in [6.45, 7) is 7.98. The first-order valence-electron chi connectivity index (χ1n) is 8.40. The van der Waals surface area contributed by atoms with Crippen molar-refractivity contribution in [2.75, 3.05) is 20.8 Å². The Morgan fingerprint density at radius 1 is 0.962 bits per heavy atom. The fourth-order valence-corrected chi connectivity index (χ4v) is 4.25. The predicted molar refractivity (Wildman–Crippen MR) is 104 cm³/mol. The molecule has 0 amide bonds. The smallest absolute Gasteiger partial charge is 0.240 e. The van der Waals surface area contributed by atoms with Gasteiger partial charge in [-0.05, 0) is 43.2 Å². The lowest BCUT2D eigenvalue weighted by Crippen LogP contribution is -2.37. The molecule has 2 rings (SSSR count). The third-order valence-electron chi connectivity index (χ3n) is 4.49. The fraction of sp³-hybridized carbons (Fsp3) is 0.400. The summed E-state index contributed by atoms with van der Waals surface area (Å²) in [6, 6.07) is 11.0. The highest BCUT2D eigenvalue weighted by atomic mass is 32.2. The van der Waals surface area contributed by atoms with E-state index in [1.165, 1.54) is 0 Å². The van der Waals surface area contributed by atoms with Gasteiger partial charge < -0.3 is 9.47 Å². The Hall–Kier alpha value is -2.05. The summed E-state index contributed by atoms with van der Waals surface area (Å²) < 4.78 is 38.8. The van der Waals surface area contributed by atoms with Crippen LogP contribution in [0.1, 0.15) is 30.5 Å². The normalized spacial score (nSPS) is 12.1. The number of hydrogen-bond acceptors (Lipinski definition) is 4. The summed E-state index contributed by atoms with van der Waals surface area (Å²) in [5, 5.41) is 0. The fourth-order valence-electron chi connectivity index (χ4n) is 2.81. The molecule has 0 aliphatic carbocycles. The lowest BCUT2D eigenvalue weighted by atomic mass is 9.85. The first-order chi connectivity index (χ1) is 12.1. The van der Waals surface area contributed by atoms with Crippen LogP contribution in [0.3, 0.4) is 0 Å². The van der Waals surface area contributed by atoms with Crippen LogP contribution in [0.15, 0.2) is 41.3 Å². The third-order valence-corrected chi connectivity index (χ3v) is 6.05. The second-order valence-corrected chi connectivity index (χ2v) is 8.78. The van der Waals surface area contributed by atoms with E-state index in [4.69, 9.17) is 9.47 Å². The highest BCUT2D eigenvalue weighted by Gasteiger charge is 2.26. The molecule has 0 saturated heterocycles. The highest BCUT2D eigenvalue weighted by Crippen LogP contribution is 2.33. The third kappa shape index (κ3) is 4.37. The predicted octanol–water partition coefficient (Wildman–Crippen LogP) is 3.58. The molecule has 1 N–H and O–H groups in total. The summed E-state index contributed by atoms with van der Waals surface area (Å²) >= 11 is 0. The Labute approximate surface area is 156 Å². The van der Waals surface area contributed by atoms with E-state index in [0.29, 0.717) is 16.4 Å². The second-order valence-electron chi connectivity index (χ2n) is 7.05. The van der Waals surface area contributed by atoms with Gasteiger partial charge in [0.1, 0.15) is 0 Å². The molecule has 0 aliphatic heterocycles. The van der Waals surface area contributed by atoms with Crippen LogP contribution in [0.4, 0.5) is 0 Å². The van der Waals surface area contributed by atoms with E-state index >= 15 is 0 Å². The van der Waals surface area contributed by atoms with Gasteiger partial charge in [0.05, 0.1) is 19.1 Å². The molecular weight excluding hydrogens is 350 g/mol. The van der Waals surface area contributed by atoms with Crippen molar-refractivity contribution in [1.29, 1.82) is 0 Å². The first-order valence-corrected chi connectivity index (χ1v) is 9.88. The molecule has 0 bridgehead atoms. The molecule has 0 heterocycles. The van der Waals surface area contributed by atoms with Crippen LogP contribution in [0.25, 0.3) is 0 Å². The van der Waals surface area contributed by atoms with E-state index in [2.05, 4.69) is 4.72 Å². The summed E-state index contributed by atoms with van der Waals surface area (Å²) in [7, 11) is -0.418. The molecule has 2 aromatic carbocycles. The van der Waals surface area contributed by atoms with Gasteiger partial charge in [-0.1, -0.05) is 37.6 Å². The molecule has 0 aliphatic rings. The van der Waals surface area contributed by atoms with Gasteiger partial charge in [0, 0.05) is 12.0 Å². The van der Waals surface area contributed by atoms with Crippen molar-refractivity contribution < 1.29 is 17.9 Å². The van der Waals surface area contributed by atoms with Crippen molar-refractivity contribution in [1.82, 2.24) is 4.72 Å². The van der Waals surface area contributed by atoms with Gasteiger partial charge in [-0.25, -0.2) is 13.1 Å². The molecule has 0 radical (unpaired) electrons. The van der Waals surface area contributed by atoms with Gasteiger partial charge >= 0.3 is 0 Å². The Morgan fingerprint density at radius 3 is 2.19 bits per heavy atom. The van der Waals surface area contributed by atoms with E-state index in [-0.39, 0.29) is 6.54 Å². The molecule has 0 saturated carbocycles. The van der Waals surface area contributed by atoms with Crippen LogP contribution in [0, 0.1) is 13.8 Å². The number of aryl methyl sites for hydroxylation is 2. The van der Waals surface area contributed by atoms with Crippen molar-refractivity contribution in [3.05, 3.63) is 53.1 Å². The van der Waals surface area contributed by atoms with Gasteiger partial charge in [0.25, 0.3) is 0 Å². The van der Waals surface area contributed by atoms with Crippen molar-refractivity contribution in [2.45, 2.75) is 38.0 Å². The summed E-state index contributed by atoms with van der Waals surface area (Å²) in [5.74, 6) is 1.26. The Kier molecular flexibility index (Phi) is 5.98. The Bertz CT molecular complexity index is 889. The highest BCUT2D eigenvalue weighted by molar-refractivity contribution is 7.89. The van der Waals surface area contributed by atoms with Gasteiger partial charge in [-0.2, -0.15) is 0 Å². The van der Waals surface area contributed by atoms with E-state index in [1.54, 1.807) is 33.3 Å². The van der Waals surface area contributed by atoms with Crippen LogP contribution >= 0.6 is 0 Å². The van der Waals surface area contributed by atoms with Crippen molar-refractivity contribution >= 4 is 10.0 Å². The number of sulfonamides is 1. The lowest BCUT2D eigenvalue weighted by molar-refractivity contribution is 0.353. The zero-order chi connectivity index (χ0) is 19.5. The summed E-state index contributed by atoms with van der Waals surface area (Å²) in [4.78, 5) is 0.311. The molecule has 26 heavy (non-hydrogen) atoms. The largest absolute Gasteiger partial charge is 0.493 e. The minimum absolute atomic E-state index is 0.262. The Morgan fingerprint density at radius 2 is 1.62 bits per heavy atom. The molecule has 142 valence electrons. The average Bonchev–Trinajstić information content (AvgIpc) is 2.59.